The summed E-state index contributed by atoms with van der Waals surface area (Å²) >= 11 is 0. The Morgan fingerprint density at radius 2 is 0.820 bits per heavy atom. The molecular formula is C50H34. The molecule has 50 heavy (non-hydrogen) atoms. The molecule has 0 saturated heterocycles. The van der Waals surface area contributed by atoms with Gasteiger partial charge in [-0.15, -0.1) is 0 Å². The zero-order valence-electron chi connectivity index (χ0n) is 27.7. The van der Waals surface area contributed by atoms with Crippen LogP contribution < -0.4 is 10.4 Å². The summed E-state index contributed by atoms with van der Waals surface area (Å²) in [5.74, 6) is 0. The van der Waals surface area contributed by atoms with E-state index in [2.05, 4.69) is 183 Å². The van der Waals surface area contributed by atoms with E-state index in [4.69, 9.17) is 0 Å². The zero-order chi connectivity index (χ0) is 33.6. The van der Waals surface area contributed by atoms with Gasteiger partial charge in [0.15, 0.2) is 0 Å². The summed E-state index contributed by atoms with van der Waals surface area (Å²) in [5.41, 5.74) is 9.75. The van der Waals surface area contributed by atoms with Gasteiger partial charge in [-0.25, -0.2) is 0 Å². The third-order valence-electron chi connectivity index (χ3n) is 10.1. The molecule has 0 aliphatic rings. The number of hydrogen-bond acceptors (Lipinski definition) is 0. The lowest BCUT2D eigenvalue weighted by atomic mass is 9.83. The van der Waals surface area contributed by atoms with E-state index >= 15 is 0 Å². The summed E-state index contributed by atoms with van der Waals surface area (Å²) in [5, 5.41) is 12.1. The standard InChI is InChI=1S/C50H34/c1-3-13-36-30-39(27-26-33(36)2)37-18-10-19-38(31-37)40-28-29-47-48(32-40)50(44-25-12-17-35-15-5-7-21-42(35)44)46-23-9-8-22-45(46)49(47)43-24-11-16-34-14-4-6-20-41(34)43/h3-32H,1-2H2/b36-13-. The molecule has 0 heteroatoms. The SMILES string of the molecule is C=C/C=c1/cc(-c2cccc(-c3ccc4c(-c5cccc6ccccc56)c5ccccc5c(-c5cccc6ccccc56)c4c3)c2)ccc1=C. The summed E-state index contributed by atoms with van der Waals surface area (Å²) in [4.78, 5) is 0. The first-order chi connectivity index (χ1) is 24.7. The van der Waals surface area contributed by atoms with Gasteiger partial charge < -0.3 is 0 Å². The number of allylic oxidation sites excluding steroid dienone is 1. The van der Waals surface area contributed by atoms with E-state index in [1.165, 1.54) is 82.0 Å². The Bertz CT molecular complexity index is 2900. The molecule has 0 bridgehead atoms. The highest BCUT2D eigenvalue weighted by atomic mass is 14.2. The lowest BCUT2D eigenvalue weighted by molar-refractivity contribution is 1.51. The topological polar surface area (TPSA) is 0 Å². The Kier molecular flexibility index (Phi) is 7.22. The Morgan fingerprint density at radius 1 is 0.360 bits per heavy atom. The molecule has 0 amide bonds. The Morgan fingerprint density at radius 3 is 1.44 bits per heavy atom. The Labute approximate surface area is 292 Å². The third-order valence-corrected chi connectivity index (χ3v) is 10.1. The quantitative estimate of drug-likeness (QED) is 0.165. The molecule has 0 saturated carbocycles. The van der Waals surface area contributed by atoms with Gasteiger partial charge in [0.25, 0.3) is 0 Å². The van der Waals surface area contributed by atoms with Crippen molar-refractivity contribution in [3.8, 4) is 44.5 Å². The van der Waals surface area contributed by atoms with E-state index in [0.29, 0.717) is 0 Å². The van der Waals surface area contributed by atoms with Crippen molar-refractivity contribution in [2.75, 3.05) is 0 Å². The predicted octanol–water partition coefficient (Wildman–Crippen LogP) is 12.3. The van der Waals surface area contributed by atoms with Crippen LogP contribution in [0.4, 0.5) is 0 Å². The summed E-state index contributed by atoms with van der Waals surface area (Å²) < 4.78 is 0. The van der Waals surface area contributed by atoms with Gasteiger partial charge in [-0.3, -0.25) is 0 Å². The minimum atomic E-state index is 0.995. The van der Waals surface area contributed by atoms with Crippen LogP contribution in [-0.2, 0) is 0 Å². The van der Waals surface area contributed by atoms with Crippen molar-refractivity contribution in [1.29, 1.82) is 0 Å². The van der Waals surface area contributed by atoms with Crippen LogP contribution in [0.3, 0.4) is 0 Å². The fourth-order valence-corrected chi connectivity index (χ4v) is 7.76. The number of hydrogen-bond donors (Lipinski definition) is 0. The van der Waals surface area contributed by atoms with Gasteiger partial charge >= 0.3 is 0 Å². The van der Waals surface area contributed by atoms with Gasteiger partial charge in [-0.05, 0) is 116 Å². The number of fused-ring (bicyclic) bond motifs is 4. The van der Waals surface area contributed by atoms with Crippen molar-refractivity contribution in [2.24, 2.45) is 0 Å². The highest BCUT2D eigenvalue weighted by Gasteiger charge is 2.20. The molecule has 0 unspecified atom stereocenters. The minimum absolute atomic E-state index is 0.995. The van der Waals surface area contributed by atoms with Gasteiger partial charge in [-0.2, -0.15) is 0 Å². The second-order valence-corrected chi connectivity index (χ2v) is 13.0. The molecule has 9 aromatic carbocycles. The van der Waals surface area contributed by atoms with Crippen molar-refractivity contribution in [3.05, 3.63) is 193 Å². The molecule has 0 heterocycles. The third kappa shape index (κ3) is 4.93. The maximum absolute atomic E-state index is 4.21. The van der Waals surface area contributed by atoms with Crippen LogP contribution in [0, 0.1) is 0 Å². The maximum atomic E-state index is 4.21. The molecule has 0 radical (unpaired) electrons. The summed E-state index contributed by atoms with van der Waals surface area (Å²) in [6.07, 6.45) is 3.84. The van der Waals surface area contributed by atoms with Crippen LogP contribution in [0.2, 0.25) is 0 Å². The van der Waals surface area contributed by atoms with Gasteiger partial charge in [0, 0.05) is 0 Å². The highest BCUT2D eigenvalue weighted by Crippen LogP contribution is 2.47. The molecule has 9 aromatic rings. The molecular weight excluding hydrogens is 601 g/mol. The van der Waals surface area contributed by atoms with E-state index < -0.39 is 0 Å². The Hall–Kier alpha value is -6.50. The minimum Gasteiger partial charge on any atom is -0.0990 e. The molecule has 0 N–H and O–H groups in total. The first-order valence-electron chi connectivity index (χ1n) is 17.2. The molecule has 0 aromatic heterocycles. The van der Waals surface area contributed by atoms with Crippen LogP contribution in [0.1, 0.15) is 0 Å². The van der Waals surface area contributed by atoms with Crippen molar-refractivity contribution in [1.82, 2.24) is 0 Å². The van der Waals surface area contributed by atoms with Crippen LogP contribution in [0.25, 0.3) is 100 Å². The van der Waals surface area contributed by atoms with E-state index in [9.17, 15) is 0 Å². The van der Waals surface area contributed by atoms with Gasteiger partial charge in [0.05, 0.1) is 0 Å². The van der Waals surface area contributed by atoms with Crippen LogP contribution in [0.5, 0.6) is 0 Å². The second-order valence-electron chi connectivity index (χ2n) is 13.0. The van der Waals surface area contributed by atoms with Gasteiger partial charge in [0.1, 0.15) is 0 Å². The van der Waals surface area contributed by atoms with Crippen LogP contribution in [-0.4, -0.2) is 0 Å². The number of benzene rings is 9. The normalized spacial score (nSPS) is 11.9. The van der Waals surface area contributed by atoms with E-state index in [0.717, 1.165) is 16.0 Å². The largest absolute Gasteiger partial charge is 0.0990 e. The molecule has 9 rings (SSSR count). The first-order valence-corrected chi connectivity index (χ1v) is 17.2. The molecule has 0 nitrogen and oxygen atoms in total. The predicted molar refractivity (Wildman–Crippen MR) is 218 cm³/mol. The lowest BCUT2D eigenvalue weighted by Crippen LogP contribution is -2.22. The van der Waals surface area contributed by atoms with Crippen molar-refractivity contribution >= 4 is 55.7 Å². The van der Waals surface area contributed by atoms with Crippen LogP contribution in [0.15, 0.2) is 183 Å². The van der Waals surface area contributed by atoms with Crippen LogP contribution >= 0.6 is 0 Å². The summed E-state index contributed by atoms with van der Waals surface area (Å²) in [6.45, 7) is 8.11. The molecule has 234 valence electrons. The van der Waals surface area contributed by atoms with E-state index in [1.807, 2.05) is 12.2 Å². The molecule has 0 spiro atoms. The second kappa shape index (κ2) is 12.2. The first kappa shape index (κ1) is 29.6. The fourth-order valence-electron chi connectivity index (χ4n) is 7.76. The van der Waals surface area contributed by atoms with E-state index in [-0.39, 0.29) is 0 Å². The van der Waals surface area contributed by atoms with Crippen molar-refractivity contribution in [3.63, 3.8) is 0 Å². The fraction of sp³-hybridized carbons (Fsp3) is 0. The molecule has 0 aliphatic heterocycles. The smallest absolute Gasteiger partial charge is 0.00199 e. The highest BCUT2D eigenvalue weighted by molar-refractivity contribution is 6.25. The summed E-state index contributed by atoms with van der Waals surface area (Å²) in [7, 11) is 0. The Balaban J connectivity index is 1.37. The van der Waals surface area contributed by atoms with Gasteiger partial charge in [0.2, 0.25) is 0 Å². The van der Waals surface area contributed by atoms with E-state index in [1.54, 1.807) is 0 Å². The number of rotatable bonds is 5. The monoisotopic (exact) mass is 634 g/mol. The molecule has 0 atom stereocenters. The lowest BCUT2D eigenvalue weighted by Gasteiger charge is -2.20. The molecule has 0 aliphatic carbocycles. The summed E-state index contributed by atoms with van der Waals surface area (Å²) in [6, 6.07) is 62.2. The maximum Gasteiger partial charge on any atom is -0.00199 e. The van der Waals surface area contributed by atoms with Crippen molar-refractivity contribution < 1.29 is 0 Å². The molecule has 0 fully saturated rings. The van der Waals surface area contributed by atoms with Crippen molar-refractivity contribution in [2.45, 2.75) is 0 Å². The zero-order valence-corrected chi connectivity index (χ0v) is 27.7. The average molecular weight is 635 g/mol. The van der Waals surface area contributed by atoms with Gasteiger partial charge in [-0.1, -0.05) is 177 Å². The average Bonchev–Trinajstić information content (AvgIpc) is 3.17.